The number of benzene rings is 1. The molecule has 0 aliphatic carbocycles. The molecule has 1 aromatic heterocycles. The Labute approximate surface area is 158 Å². The van der Waals surface area contributed by atoms with Crippen molar-refractivity contribution in [2.45, 2.75) is 19.9 Å². The van der Waals surface area contributed by atoms with Crippen LogP contribution in [0, 0.1) is 0 Å². The van der Waals surface area contributed by atoms with Crippen molar-refractivity contribution >= 4 is 39.1 Å². The lowest BCUT2D eigenvalue weighted by molar-refractivity contribution is -0.142. The molecular formula is C17H18BrN3O3S. The van der Waals surface area contributed by atoms with Crippen LogP contribution < -0.4 is 10.2 Å². The number of ether oxygens (including phenoxy) is 1. The fraction of sp³-hybridized carbons (Fsp3) is 0.235. The number of carbonyl (C=O) groups excluding carboxylic acids is 2. The van der Waals surface area contributed by atoms with Crippen LogP contribution in [0.5, 0.6) is 0 Å². The standard InChI is InChI=1S/C17H18BrN3O3S/c1-3-8-21-14(10-15(22)24-4-2)11-25-17(21)20-19-16(23)12-6-5-7-13(18)9-12/h3,5-7,9,11H,1,4,8,10H2,2H3,(H,19,23)/b20-17-. The average molecular weight is 424 g/mol. The number of thiazole rings is 1. The van der Waals surface area contributed by atoms with E-state index in [9.17, 15) is 9.59 Å². The Hall–Kier alpha value is -2.19. The van der Waals surface area contributed by atoms with Gasteiger partial charge in [-0.05, 0) is 25.1 Å². The summed E-state index contributed by atoms with van der Waals surface area (Å²) in [6.45, 7) is 6.30. The highest BCUT2D eigenvalue weighted by Crippen LogP contribution is 2.11. The van der Waals surface area contributed by atoms with Gasteiger partial charge in [-0.15, -0.1) is 23.0 Å². The molecule has 0 unspecified atom stereocenters. The van der Waals surface area contributed by atoms with Gasteiger partial charge < -0.3 is 9.30 Å². The van der Waals surface area contributed by atoms with Gasteiger partial charge in [-0.2, -0.15) is 0 Å². The van der Waals surface area contributed by atoms with Crippen molar-refractivity contribution in [3.05, 3.63) is 62.8 Å². The maximum absolute atomic E-state index is 12.2. The molecule has 0 spiro atoms. The van der Waals surface area contributed by atoms with Gasteiger partial charge in [-0.3, -0.25) is 9.59 Å². The zero-order chi connectivity index (χ0) is 18.2. The van der Waals surface area contributed by atoms with Crippen LogP contribution in [0.4, 0.5) is 0 Å². The summed E-state index contributed by atoms with van der Waals surface area (Å²) in [6, 6.07) is 7.03. The quantitative estimate of drug-likeness (QED) is 0.422. The van der Waals surface area contributed by atoms with E-state index in [2.05, 4.69) is 33.0 Å². The van der Waals surface area contributed by atoms with Crippen molar-refractivity contribution in [1.29, 1.82) is 0 Å². The van der Waals surface area contributed by atoms with Crippen molar-refractivity contribution < 1.29 is 14.3 Å². The van der Waals surface area contributed by atoms with Gasteiger partial charge >= 0.3 is 5.97 Å². The zero-order valence-electron chi connectivity index (χ0n) is 13.7. The smallest absolute Gasteiger partial charge is 0.311 e. The summed E-state index contributed by atoms with van der Waals surface area (Å²) in [5.41, 5.74) is 3.80. The normalized spacial score (nSPS) is 11.2. The number of hydrogen-bond acceptors (Lipinski definition) is 5. The van der Waals surface area contributed by atoms with Crippen LogP contribution in [0.3, 0.4) is 0 Å². The first-order valence-electron chi connectivity index (χ1n) is 7.58. The van der Waals surface area contributed by atoms with Gasteiger partial charge in [0, 0.05) is 27.7 Å². The number of nitrogens with one attached hydrogen (secondary N) is 1. The number of hydrogen-bond donors (Lipinski definition) is 1. The molecule has 132 valence electrons. The number of nitrogens with zero attached hydrogens (tertiary/aromatic N) is 2. The van der Waals surface area contributed by atoms with Crippen LogP contribution in [-0.4, -0.2) is 23.1 Å². The van der Waals surface area contributed by atoms with Crippen LogP contribution in [0.25, 0.3) is 0 Å². The maximum atomic E-state index is 12.2. The molecular weight excluding hydrogens is 406 g/mol. The van der Waals surface area contributed by atoms with E-state index in [1.165, 1.54) is 11.3 Å². The summed E-state index contributed by atoms with van der Waals surface area (Å²) >= 11 is 4.66. The minimum absolute atomic E-state index is 0.146. The lowest BCUT2D eigenvalue weighted by atomic mass is 10.2. The van der Waals surface area contributed by atoms with E-state index >= 15 is 0 Å². The van der Waals surface area contributed by atoms with Crippen LogP contribution >= 0.6 is 27.3 Å². The highest BCUT2D eigenvalue weighted by atomic mass is 79.9. The van der Waals surface area contributed by atoms with Crippen molar-refractivity contribution in [3.8, 4) is 0 Å². The van der Waals surface area contributed by atoms with Crippen LogP contribution in [0.2, 0.25) is 0 Å². The lowest BCUT2D eigenvalue weighted by Crippen LogP contribution is -2.25. The van der Waals surface area contributed by atoms with E-state index in [-0.39, 0.29) is 18.3 Å². The van der Waals surface area contributed by atoms with E-state index in [0.29, 0.717) is 23.5 Å². The molecule has 0 saturated heterocycles. The minimum atomic E-state index is -0.313. The molecule has 25 heavy (non-hydrogen) atoms. The SMILES string of the molecule is C=CCn1c(CC(=O)OCC)cs/c1=N\NC(=O)c1cccc(Br)c1. The van der Waals surface area contributed by atoms with E-state index in [4.69, 9.17) is 4.74 Å². The Morgan fingerprint density at radius 2 is 2.28 bits per heavy atom. The predicted octanol–water partition coefficient (Wildman–Crippen LogP) is 2.85. The van der Waals surface area contributed by atoms with Gasteiger partial charge in [0.1, 0.15) is 0 Å². The molecule has 0 aliphatic rings. The number of esters is 1. The molecule has 6 nitrogen and oxygen atoms in total. The van der Waals surface area contributed by atoms with Crippen LogP contribution in [-0.2, 0) is 22.5 Å². The molecule has 1 amide bonds. The van der Waals surface area contributed by atoms with Gasteiger partial charge in [-0.25, -0.2) is 5.43 Å². The van der Waals surface area contributed by atoms with Crippen LogP contribution in [0.1, 0.15) is 23.0 Å². The average Bonchev–Trinajstić information content (AvgIpc) is 2.95. The summed E-state index contributed by atoms with van der Waals surface area (Å²) in [6.07, 6.45) is 1.85. The Bertz CT molecular complexity index is 842. The molecule has 1 heterocycles. The zero-order valence-corrected chi connectivity index (χ0v) is 16.1. The first-order chi connectivity index (χ1) is 12.0. The predicted molar refractivity (Wildman–Crippen MR) is 100 cm³/mol. The van der Waals surface area contributed by atoms with Crippen molar-refractivity contribution in [1.82, 2.24) is 9.99 Å². The largest absolute Gasteiger partial charge is 0.466 e. The van der Waals surface area contributed by atoms with Crippen LogP contribution in [0.15, 0.2) is 51.9 Å². The minimum Gasteiger partial charge on any atom is -0.466 e. The molecule has 0 bridgehead atoms. The molecule has 8 heteroatoms. The van der Waals surface area contributed by atoms with Gasteiger partial charge in [0.15, 0.2) is 0 Å². The summed E-state index contributed by atoms with van der Waals surface area (Å²) in [7, 11) is 0. The van der Waals surface area contributed by atoms with Crippen molar-refractivity contribution in [2.75, 3.05) is 6.61 Å². The molecule has 1 N–H and O–H groups in total. The Morgan fingerprint density at radius 1 is 1.48 bits per heavy atom. The monoisotopic (exact) mass is 423 g/mol. The third kappa shape index (κ3) is 5.40. The summed E-state index contributed by atoms with van der Waals surface area (Å²) in [5, 5.41) is 6.00. The summed E-state index contributed by atoms with van der Waals surface area (Å²) in [5.74, 6) is -0.616. The fourth-order valence-corrected chi connectivity index (χ4v) is 3.34. The van der Waals surface area contributed by atoms with E-state index in [1.54, 1.807) is 31.2 Å². The van der Waals surface area contributed by atoms with E-state index < -0.39 is 0 Å². The first kappa shape index (κ1) is 19.1. The van der Waals surface area contributed by atoms with E-state index in [0.717, 1.165) is 10.2 Å². The third-order valence-electron chi connectivity index (χ3n) is 3.16. The topological polar surface area (TPSA) is 72.7 Å². The first-order valence-corrected chi connectivity index (χ1v) is 9.25. The Balaban J connectivity index is 2.21. The highest BCUT2D eigenvalue weighted by molar-refractivity contribution is 9.10. The number of carbonyl (C=O) groups is 2. The highest BCUT2D eigenvalue weighted by Gasteiger charge is 2.11. The molecule has 0 fully saturated rings. The molecule has 2 rings (SSSR count). The second-order valence-corrected chi connectivity index (χ2v) is 6.71. The number of allylic oxidation sites excluding steroid dienone is 1. The molecule has 1 aromatic carbocycles. The second-order valence-electron chi connectivity index (χ2n) is 4.95. The fourth-order valence-electron chi connectivity index (χ4n) is 2.07. The molecule has 0 radical (unpaired) electrons. The third-order valence-corrected chi connectivity index (χ3v) is 4.57. The number of amides is 1. The number of aromatic nitrogens is 1. The van der Waals surface area contributed by atoms with E-state index in [1.807, 2.05) is 16.0 Å². The van der Waals surface area contributed by atoms with Gasteiger partial charge in [-0.1, -0.05) is 28.1 Å². The van der Waals surface area contributed by atoms with Gasteiger partial charge in [0.25, 0.3) is 5.91 Å². The summed E-state index contributed by atoms with van der Waals surface area (Å²) in [4.78, 5) is 24.5. The molecule has 0 aliphatic heterocycles. The number of rotatable bonds is 7. The molecule has 0 atom stereocenters. The lowest BCUT2D eigenvalue weighted by Gasteiger charge is -2.06. The maximum Gasteiger partial charge on any atom is 0.311 e. The van der Waals surface area contributed by atoms with Gasteiger partial charge in [0.05, 0.1) is 13.0 Å². The molecule has 0 saturated carbocycles. The Kier molecular flexibility index (Phi) is 7.15. The molecule has 2 aromatic rings. The van der Waals surface area contributed by atoms with Crippen molar-refractivity contribution in [3.63, 3.8) is 0 Å². The Morgan fingerprint density at radius 3 is 2.96 bits per heavy atom. The second kappa shape index (κ2) is 9.33. The summed E-state index contributed by atoms with van der Waals surface area (Å²) < 4.78 is 7.61. The van der Waals surface area contributed by atoms with Gasteiger partial charge in [0.2, 0.25) is 4.80 Å². The number of halogens is 1. The van der Waals surface area contributed by atoms with Crippen molar-refractivity contribution in [2.24, 2.45) is 5.10 Å².